The fraction of sp³-hybridized carbons (Fsp3) is 0.385. The van der Waals surface area contributed by atoms with Gasteiger partial charge in [0.15, 0.2) is 6.10 Å². The third-order valence-corrected chi connectivity index (χ3v) is 3.68. The van der Waals surface area contributed by atoms with Gasteiger partial charge in [-0.05, 0) is 18.2 Å². The van der Waals surface area contributed by atoms with Crippen LogP contribution in [0.3, 0.4) is 0 Å². The van der Waals surface area contributed by atoms with Crippen molar-refractivity contribution in [3.63, 3.8) is 0 Å². The van der Waals surface area contributed by atoms with Crippen LogP contribution in [0.15, 0.2) is 22.7 Å². The van der Waals surface area contributed by atoms with Crippen LogP contribution in [0.5, 0.6) is 0 Å². The number of fused-ring (bicyclic) bond motifs is 1. The van der Waals surface area contributed by atoms with Crippen LogP contribution < -0.4 is 10.2 Å². The molecule has 1 fully saturated rings. The third kappa shape index (κ3) is 2.56. The molecule has 106 valence electrons. The Morgan fingerprint density at radius 3 is 3.00 bits per heavy atom. The summed E-state index contributed by atoms with van der Waals surface area (Å²) in [5, 5.41) is 2.75. The van der Waals surface area contributed by atoms with Crippen molar-refractivity contribution in [1.29, 1.82) is 0 Å². The van der Waals surface area contributed by atoms with Gasteiger partial charge in [0.05, 0.1) is 31.2 Å². The Kier molecular flexibility index (Phi) is 3.73. The van der Waals surface area contributed by atoms with Crippen molar-refractivity contribution in [3.8, 4) is 0 Å². The van der Waals surface area contributed by atoms with Crippen molar-refractivity contribution in [2.45, 2.75) is 6.10 Å². The molecule has 20 heavy (non-hydrogen) atoms. The number of carbonyl (C=O) groups excluding carboxylic acids is 2. The molecule has 1 aromatic carbocycles. The number of ether oxygens (including phenoxy) is 2. The Bertz CT molecular complexity index is 557. The Morgan fingerprint density at radius 2 is 2.25 bits per heavy atom. The fourth-order valence-corrected chi connectivity index (χ4v) is 2.60. The first kappa shape index (κ1) is 13.5. The van der Waals surface area contributed by atoms with E-state index in [0.29, 0.717) is 24.6 Å². The monoisotopic (exact) mass is 340 g/mol. The van der Waals surface area contributed by atoms with Crippen molar-refractivity contribution < 1.29 is 19.1 Å². The molecule has 3 rings (SSSR count). The first-order valence-corrected chi connectivity index (χ1v) is 7.04. The van der Waals surface area contributed by atoms with Gasteiger partial charge in [0.2, 0.25) is 5.91 Å². The number of carbonyl (C=O) groups is 2. The van der Waals surface area contributed by atoms with Crippen LogP contribution in [0.1, 0.15) is 0 Å². The van der Waals surface area contributed by atoms with Gasteiger partial charge in [-0.1, -0.05) is 15.9 Å². The zero-order valence-corrected chi connectivity index (χ0v) is 12.2. The second kappa shape index (κ2) is 5.51. The summed E-state index contributed by atoms with van der Waals surface area (Å²) in [6.07, 6.45) is -0.651. The molecule has 0 spiro atoms. The van der Waals surface area contributed by atoms with E-state index < -0.39 is 6.10 Å². The van der Waals surface area contributed by atoms with Crippen LogP contribution in [0.25, 0.3) is 0 Å². The summed E-state index contributed by atoms with van der Waals surface area (Å²) in [4.78, 5) is 25.7. The maximum absolute atomic E-state index is 12.5. The number of nitrogens with zero attached hydrogens (tertiary/aromatic N) is 1. The van der Waals surface area contributed by atoms with E-state index in [9.17, 15) is 9.59 Å². The molecule has 0 aliphatic carbocycles. The average Bonchev–Trinajstić information content (AvgIpc) is 2.47. The fourth-order valence-electron chi connectivity index (χ4n) is 2.25. The van der Waals surface area contributed by atoms with Gasteiger partial charge < -0.3 is 14.8 Å². The summed E-state index contributed by atoms with van der Waals surface area (Å²) < 4.78 is 11.5. The molecule has 0 aromatic heterocycles. The van der Waals surface area contributed by atoms with Crippen molar-refractivity contribution >= 4 is 39.1 Å². The van der Waals surface area contributed by atoms with E-state index in [0.717, 1.165) is 4.47 Å². The standard InChI is InChI=1S/C13H13BrN2O4/c14-8-1-2-9-10(5-8)16(6-12(17)15-9)13(18)11-7-19-3-4-20-11/h1-2,5,11H,3-4,6-7H2,(H,15,17). The smallest absolute Gasteiger partial charge is 0.259 e. The number of benzene rings is 1. The Balaban J connectivity index is 1.91. The second-order valence-electron chi connectivity index (χ2n) is 4.57. The topological polar surface area (TPSA) is 67.9 Å². The van der Waals surface area contributed by atoms with Gasteiger partial charge in [0.1, 0.15) is 6.54 Å². The van der Waals surface area contributed by atoms with E-state index >= 15 is 0 Å². The quantitative estimate of drug-likeness (QED) is 0.832. The van der Waals surface area contributed by atoms with Gasteiger partial charge in [-0.2, -0.15) is 0 Å². The van der Waals surface area contributed by atoms with Gasteiger partial charge in [0, 0.05) is 4.47 Å². The van der Waals surface area contributed by atoms with Crippen LogP contribution in [-0.2, 0) is 19.1 Å². The molecule has 0 saturated carbocycles. The zero-order valence-electron chi connectivity index (χ0n) is 10.6. The van der Waals surface area contributed by atoms with Crippen molar-refractivity contribution in [2.75, 3.05) is 36.6 Å². The van der Waals surface area contributed by atoms with E-state index in [1.54, 1.807) is 12.1 Å². The summed E-state index contributed by atoms with van der Waals surface area (Å²) in [5.74, 6) is -0.469. The minimum atomic E-state index is -0.651. The first-order chi connectivity index (χ1) is 9.65. The number of amides is 2. The Morgan fingerprint density at radius 1 is 1.40 bits per heavy atom. The van der Waals surface area contributed by atoms with Crippen LogP contribution in [0, 0.1) is 0 Å². The largest absolute Gasteiger partial charge is 0.376 e. The van der Waals surface area contributed by atoms with Crippen LogP contribution in [0.2, 0.25) is 0 Å². The number of halogens is 1. The maximum atomic E-state index is 12.5. The van der Waals surface area contributed by atoms with E-state index in [1.165, 1.54) is 4.90 Å². The Hall–Kier alpha value is -1.44. The van der Waals surface area contributed by atoms with Gasteiger partial charge in [-0.15, -0.1) is 0 Å². The summed E-state index contributed by atoms with van der Waals surface area (Å²) in [6.45, 7) is 1.09. The lowest BCUT2D eigenvalue weighted by Gasteiger charge is -2.33. The predicted molar refractivity (Wildman–Crippen MR) is 75.7 cm³/mol. The second-order valence-corrected chi connectivity index (χ2v) is 5.48. The lowest BCUT2D eigenvalue weighted by Crippen LogP contribution is -2.50. The van der Waals surface area contributed by atoms with Gasteiger partial charge in [-0.3, -0.25) is 14.5 Å². The summed E-state index contributed by atoms with van der Waals surface area (Å²) in [7, 11) is 0. The van der Waals surface area contributed by atoms with E-state index in [1.807, 2.05) is 6.07 Å². The number of hydrogen-bond donors (Lipinski definition) is 1. The normalized spacial score (nSPS) is 22.1. The molecular weight excluding hydrogens is 328 g/mol. The van der Waals surface area contributed by atoms with Crippen LogP contribution in [-0.4, -0.2) is 44.3 Å². The molecule has 0 bridgehead atoms. The minimum absolute atomic E-state index is 0.0118. The molecule has 1 unspecified atom stereocenters. The lowest BCUT2D eigenvalue weighted by atomic mass is 10.1. The average molecular weight is 341 g/mol. The maximum Gasteiger partial charge on any atom is 0.259 e. The molecule has 7 heteroatoms. The van der Waals surface area contributed by atoms with Crippen LogP contribution >= 0.6 is 15.9 Å². The molecule has 1 aromatic rings. The van der Waals surface area contributed by atoms with Crippen molar-refractivity contribution in [3.05, 3.63) is 22.7 Å². The number of hydrogen-bond acceptors (Lipinski definition) is 4. The third-order valence-electron chi connectivity index (χ3n) is 3.18. The molecule has 1 atom stereocenters. The Labute approximate surface area is 124 Å². The van der Waals surface area contributed by atoms with Gasteiger partial charge in [0.25, 0.3) is 5.91 Å². The number of rotatable bonds is 1. The minimum Gasteiger partial charge on any atom is -0.376 e. The molecule has 1 N–H and O–H groups in total. The van der Waals surface area contributed by atoms with Crippen LogP contribution in [0.4, 0.5) is 11.4 Å². The van der Waals surface area contributed by atoms with Gasteiger partial charge in [-0.25, -0.2) is 0 Å². The highest BCUT2D eigenvalue weighted by Gasteiger charge is 2.33. The summed E-state index contributed by atoms with van der Waals surface area (Å²) >= 11 is 3.37. The molecule has 0 radical (unpaired) electrons. The molecule has 2 amide bonds. The molecule has 2 aliphatic rings. The zero-order chi connectivity index (χ0) is 14.1. The highest BCUT2D eigenvalue weighted by Crippen LogP contribution is 2.33. The number of anilines is 2. The van der Waals surface area contributed by atoms with E-state index in [2.05, 4.69) is 21.2 Å². The van der Waals surface area contributed by atoms with Crippen molar-refractivity contribution in [2.24, 2.45) is 0 Å². The molecule has 2 heterocycles. The predicted octanol–water partition coefficient (Wildman–Crippen LogP) is 1.15. The van der Waals surface area contributed by atoms with E-state index in [-0.39, 0.29) is 25.0 Å². The van der Waals surface area contributed by atoms with E-state index in [4.69, 9.17) is 9.47 Å². The molecule has 2 aliphatic heterocycles. The summed E-state index contributed by atoms with van der Waals surface area (Å²) in [6, 6.07) is 5.37. The molecule has 1 saturated heterocycles. The van der Waals surface area contributed by atoms with Crippen molar-refractivity contribution in [1.82, 2.24) is 0 Å². The highest BCUT2D eigenvalue weighted by molar-refractivity contribution is 9.10. The molecule has 6 nitrogen and oxygen atoms in total. The highest BCUT2D eigenvalue weighted by atomic mass is 79.9. The SMILES string of the molecule is O=C1CN(C(=O)C2COCCO2)c2cc(Br)ccc2N1. The first-order valence-electron chi connectivity index (χ1n) is 6.25. The van der Waals surface area contributed by atoms with Gasteiger partial charge >= 0.3 is 0 Å². The number of nitrogens with one attached hydrogen (secondary N) is 1. The lowest BCUT2D eigenvalue weighted by molar-refractivity contribution is -0.145. The molecular formula is C13H13BrN2O4. The summed E-state index contributed by atoms with van der Waals surface area (Å²) in [5.41, 5.74) is 1.28.